The average molecular weight is 363 g/mol. The topological polar surface area (TPSA) is 62.6 Å². The lowest BCUT2D eigenvalue weighted by Crippen LogP contribution is -2.63. The number of carbonyl (C=O) groups is 3. The van der Waals surface area contributed by atoms with Crippen LogP contribution in [0.15, 0.2) is 48.7 Å². The fraction of sp³-hybridized carbons (Fsp3) is 0.381. The zero-order chi connectivity index (χ0) is 18.5. The molecule has 2 atom stereocenters. The molecule has 138 valence electrons. The van der Waals surface area contributed by atoms with Gasteiger partial charge in [-0.15, -0.1) is 0 Å². The number of imide groups is 1. The Morgan fingerprint density at radius 2 is 1.63 bits per heavy atom. The number of hydrogen-bond acceptors (Lipinski definition) is 3. The van der Waals surface area contributed by atoms with E-state index in [0.717, 1.165) is 10.9 Å². The highest BCUT2D eigenvalue weighted by molar-refractivity contribution is 6.06. The second kappa shape index (κ2) is 6.08. The standard InChI is InChI=1S/C21H21N3O3/c25-19(13-22-10-9-14-5-1-4-8-18(14)22)23-11-15(12-23)24-20(26)16-6-2-3-7-17(16)21(24)27/h1-5,8-10,15-17H,6-7,11-13H2/t16-,17-/m0/s1. The highest BCUT2D eigenvalue weighted by Gasteiger charge is 2.52. The largest absolute Gasteiger partial charge is 0.338 e. The smallest absolute Gasteiger partial charge is 0.242 e. The Morgan fingerprint density at radius 1 is 0.963 bits per heavy atom. The van der Waals surface area contributed by atoms with E-state index in [2.05, 4.69) is 0 Å². The van der Waals surface area contributed by atoms with Gasteiger partial charge in [0.05, 0.1) is 17.9 Å². The number of benzene rings is 1. The number of likely N-dealkylation sites (tertiary alicyclic amines) is 2. The number of nitrogens with zero attached hydrogens (tertiary/aromatic N) is 3. The van der Waals surface area contributed by atoms with Gasteiger partial charge in [-0.1, -0.05) is 30.4 Å². The highest BCUT2D eigenvalue weighted by atomic mass is 16.2. The summed E-state index contributed by atoms with van der Waals surface area (Å²) in [6.45, 7) is 1.17. The predicted octanol–water partition coefficient (Wildman–Crippen LogP) is 1.80. The Balaban J connectivity index is 1.24. The summed E-state index contributed by atoms with van der Waals surface area (Å²) < 4.78 is 1.94. The Morgan fingerprint density at radius 3 is 2.33 bits per heavy atom. The van der Waals surface area contributed by atoms with Gasteiger partial charge in [0.25, 0.3) is 0 Å². The number of para-hydroxylation sites is 1. The number of rotatable bonds is 3. The molecule has 2 aromatic rings. The second-order valence-electron chi connectivity index (χ2n) is 7.66. The fourth-order valence-corrected chi connectivity index (χ4v) is 4.53. The third-order valence-corrected chi connectivity index (χ3v) is 6.11. The van der Waals surface area contributed by atoms with Gasteiger partial charge in [-0.25, -0.2) is 0 Å². The predicted molar refractivity (Wildman–Crippen MR) is 99.5 cm³/mol. The third kappa shape index (κ3) is 2.51. The second-order valence-corrected chi connectivity index (χ2v) is 7.66. The molecule has 3 heterocycles. The Kier molecular flexibility index (Phi) is 3.67. The van der Waals surface area contributed by atoms with Crippen LogP contribution >= 0.6 is 0 Å². The van der Waals surface area contributed by atoms with Crippen molar-refractivity contribution in [1.82, 2.24) is 14.4 Å². The minimum atomic E-state index is -0.196. The van der Waals surface area contributed by atoms with Gasteiger partial charge in [0.2, 0.25) is 17.7 Å². The van der Waals surface area contributed by atoms with Crippen molar-refractivity contribution < 1.29 is 14.4 Å². The summed E-state index contributed by atoms with van der Waals surface area (Å²) in [5.41, 5.74) is 1.03. The first kappa shape index (κ1) is 16.3. The molecule has 0 unspecified atom stereocenters. The molecule has 6 nitrogen and oxygen atoms in total. The zero-order valence-electron chi connectivity index (χ0n) is 15.0. The van der Waals surface area contributed by atoms with E-state index in [9.17, 15) is 14.4 Å². The summed E-state index contributed by atoms with van der Waals surface area (Å²) >= 11 is 0. The summed E-state index contributed by atoms with van der Waals surface area (Å²) in [6.07, 6.45) is 7.22. The summed E-state index contributed by atoms with van der Waals surface area (Å²) in [5.74, 6) is -0.478. The lowest BCUT2D eigenvalue weighted by atomic mass is 9.85. The fourth-order valence-electron chi connectivity index (χ4n) is 4.53. The van der Waals surface area contributed by atoms with E-state index in [1.54, 1.807) is 4.90 Å². The van der Waals surface area contributed by atoms with Crippen LogP contribution in [0.3, 0.4) is 0 Å². The van der Waals surface area contributed by atoms with Gasteiger partial charge in [0.1, 0.15) is 6.54 Å². The van der Waals surface area contributed by atoms with Crippen LogP contribution < -0.4 is 0 Å². The van der Waals surface area contributed by atoms with E-state index in [1.807, 2.05) is 53.2 Å². The number of amides is 3. The minimum Gasteiger partial charge on any atom is -0.338 e. The Labute approximate surface area is 157 Å². The van der Waals surface area contributed by atoms with Gasteiger partial charge in [0, 0.05) is 24.8 Å². The van der Waals surface area contributed by atoms with Gasteiger partial charge in [-0.3, -0.25) is 19.3 Å². The van der Waals surface area contributed by atoms with Gasteiger partial charge in [-0.2, -0.15) is 0 Å². The SMILES string of the molecule is O=C(Cn1ccc2ccccc21)N1CC(N2C(=O)[C@H]3CC=CC[C@@H]3C2=O)C1. The van der Waals surface area contributed by atoms with Crippen molar-refractivity contribution in [2.75, 3.05) is 13.1 Å². The number of hydrogen-bond donors (Lipinski definition) is 0. The summed E-state index contributed by atoms with van der Waals surface area (Å²) in [5, 5.41) is 1.11. The lowest BCUT2D eigenvalue weighted by Gasteiger charge is -2.43. The van der Waals surface area contributed by atoms with E-state index in [1.165, 1.54) is 4.90 Å². The molecule has 0 bridgehead atoms. The third-order valence-electron chi connectivity index (χ3n) is 6.11. The van der Waals surface area contributed by atoms with Crippen molar-refractivity contribution in [2.45, 2.75) is 25.4 Å². The summed E-state index contributed by atoms with van der Waals surface area (Å²) in [6, 6.07) is 9.79. The lowest BCUT2D eigenvalue weighted by molar-refractivity contribution is -0.153. The monoisotopic (exact) mass is 363 g/mol. The first-order valence-electron chi connectivity index (χ1n) is 9.47. The van der Waals surface area contributed by atoms with Crippen molar-refractivity contribution in [2.24, 2.45) is 11.8 Å². The van der Waals surface area contributed by atoms with Crippen LogP contribution in [-0.2, 0) is 20.9 Å². The molecule has 1 aliphatic carbocycles. The van der Waals surface area contributed by atoms with Crippen LogP contribution in [0.2, 0.25) is 0 Å². The van der Waals surface area contributed by atoms with Crippen LogP contribution in [0.25, 0.3) is 10.9 Å². The maximum absolute atomic E-state index is 12.6. The molecule has 3 aliphatic rings. The molecule has 1 aromatic carbocycles. The average Bonchev–Trinajstić information content (AvgIpc) is 3.16. The van der Waals surface area contributed by atoms with Crippen molar-refractivity contribution in [3.63, 3.8) is 0 Å². The quantitative estimate of drug-likeness (QED) is 0.617. The minimum absolute atomic E-state index is 0.0192. The molecular weight excluding hydrogens is 342 g/mol. The molecule has 2 saturated heterocycles. The van der Waals surface area contributed by atoms with E-state index >= 15 is 0 Å². The highest BCUT2D eigenvalue weighted by Crippen LogP contribution is 2.37. The molecule has 2 fully saturated rings. The Bertz CT molecular complexity index is 944. The van der Waals surface area contributed by atoms with Crippen molar-refractivity contribution in [3.05, 3.63) is 48.7 Å². The van der Waals surface area contributed by atoms with Crippen molar-refractivity contribution in [1.29, 1.82) is 0 Å². The van der Waals surface area contributed by atoms with Crippen LogP contribution in [0.5, 0.6) is 0 Å². The van der Waals surface area contributed by atoms with E-state index in [4.69, 9.17) is 0 Å². The van der Waals surface area contributed by atoms with Crippen molar-refractivity contribution >= 4 is 28.6 Å². The van der Waals surface area contributed by atoms with Gasteiger partial charge in [-0.05, 0) is 30.4 Å². The molecule has 3 amide bonds. The molecule has 0 spiro atoms. The van der Waals surface area contributed by atoms with Crippen LogP contribution in [0, 0.1) is 11.8 Å². The van der Waals surface area contributed by atoms with E-state index in [0.29, 0.717) is 25.9 Å². The Hall–Kier alpha value is -2.89. The number of carbonyl (C=O) groups excluding carboxylic acids is 3. The van der Waals surface area contributed by atoms with Crippen LogP contribution in [0.4, 0.5) is 0 Å². The first-order valence-corrected chi connectivity index (χ1v) is 9.47. The first-order chi connectivity index (χ1) is 13.1. The summed E-state index contributed by atoms with van der Waals surface area (Å²) in [4.78, 5) is 41.1. The molecule has 0 saturated carbocycles. The molecule has 0 radical (unpaired) electrons. The maximum Gasteiger partial charge on any atom is 0.242 e. The molecule has 6 heteroatoms. The van der Waals surface area contributed by atoms with Crippen molar-refractivity contribution in [3.8, 4) is 0 Å². The normalized spacial score (nSPS) is 25.2. The number of aromatic nitrogens is 1. The van der Waals surface area contributed by atoms with E-state index < -0.39 is 0 Å². The molecular formula is C21H21N3O3. The molecule has 27 heavy (non-hydrogen) atoms. The number of fused-ring (bicyclic) bond motifs is 2. The van der Waals surface area contributed by atoms with E-state index in [-0.39, 0.29) is 42.1 Å². The van der Waals surface area contributed by atoms with Gasteiger partial charge < -0.3 is 9.47 Å². The molecule has 5 rings (SSSR count). The van der Waals surface area contributed by atoms with Crippen LogP contribution in [0.1, 0.15) is 12.8 Å². The van der Waals surface area contributed by atoms with Crippen LogP contribution in [-0.4, -0.2) is 51.2 Å². The zero-order valence-corrected chi connectivity index (χ0v) is 15.0. The molecule has 0 N–H and O–H groups in total. The molecule has 1 aromatic heterocycles. The van der Waals surface area contributed by atoms with Gasteiger partial charge >= 0.3 is 0 Å². The number of allylic oxidation sites excluding steroid dienone is 2. The van der Waals surface area contributed by atoms with Gasteiger partial charge in [0.15, 0.2) is 0 Å². The summed E-state index contributed by atoms with van der Waals surface area (Å²) in [7, 11) is 0. The molecule has 2 aliphatic heterocycles. The maximum atomic E-state index is 12.6.